The summed E-state index contributed by atoms with van der Waals surface area (Å²) in [6.45, 7) is 0. The Morgan fingerprint density at radius 3 is 2.60 bits per heavy atom. The van der Waals surface area contributed by atoms with Gasteiger partial charge in [0, 0.05) is 29.5 Å². The van der Waals surface area contributed by atoms with Crippen molar-refractivity contribution in [3.8, 4) is 17.6 Å². The Morgan fingerprint density at radius 2 is 1.87 bits per heavy atom. The van der Waals surface area contributed by atoms with E-state index in [1.807, 2.05) is 30.3 Å². The van der Waals surface area contributed by atoms with Crippen LogP contribution in [-0.4, -0.2) is 9.97 Å². The highest BCUT2D eigenvalue weighted by atomic mass is 19.4. The largest absolute Gasteiger partial charge is 0.454 e. The molecule has 2 heterocycles. The fourth-order valence-corrected chi connectivity index (χ4v) is 2.85. The molecule has 9 heteroatoms. The third-order valence-corrected chi connectivity index (χ3v) is 4.23. The summed E-state index contributed by atoms with van der Waals surface area (Å²) >= 11 is 0. The van der Waals surface area contributed by atoms with E-state index in [2.05, 4.69) is 15.3 Å². The van der Waals surface area contributed by atoms with Gasteiger partial charge in [-0.3, -0.25) is 0 Å². The van der Waals surface area contributed by atoms with Crippen LogP contribution in [0.4, 0.5) is 29.1 Å². The number of aromatic amines is 1. The van der Waals surface area contributed by atoms with Crippen molar-refractivity contribution < 1.29 is 22.3 Å². The van der Waals surface area contributed by atoms with Crippen molar-refractivity contribution in [3.63, 3.8) is 0 Å². The number of ether oxygens (including phenoxy) is 1. The van der Waals surface area contributed by atoms with Crippen LogP contribution >= 0.6 is 0 Å². The summed E-state index contributed by atoms with van der Waals surface area (Å²) in [5.74, 6) is -1.28. The topological polar surface area (TPSA) is 73.7 Å². The summed E-state index contributed by atoms with van der Waals surface area (Å²) in [5, 5.41) is 13.3. The number of nitrogens with zero attached hydrogens (tertiary/aromatic N) is 2. The zero-order valence-electron chi connectivity index (χ0n) is 15.1. The fourth-order valence-electron chi connectivity index (χ4n) is 2.85. The Balaban J connectivity index is 1.62. The second-order valence-corrected chi connectivity index (χ2v) is 6.33. The van der Waals surface area contributed by atoms with Gasteiger partial charge in [-0.25, -0.2) is 9.37 Å². The number of anilines is 2. The molecule has 150 valence electrons. The van der Waals surface area contributed by atoms with Crippen LogP contribution in [0.3, 0.4) is 0 Å². The Morgan fingerprint density at radius 1 is 1.03 bits per heavy atom. The molecule has 0 aliphatic rings. The van der Waals surface area contributed by atoms with Crippen LogP contribution in [0.15, 0.2) is 60.8 Å². The molecule has 0 saturated heterocycles. The predicted octanol–water partition coefficient (Wildman–Crippen LogP) is 6.13. The van der Waals surface area contributed by atoms with Gasteiger partial charge in [-0.1, -0.05) is 6.07 Å². The number of hydrogen-bond donors (Lipinski definition) is 2. The lowest BCUT2D eigenvalue weighted by atomic mass is 10.2. The Bertz CT molecular complexity index is 1270. The standard InChI is InChI=1S/C21H12F4N4O/c22-17-7-13(21(23,24)25)2-4-19(17)30-16-8-15(11-26)29-20(10-16)28-14-3-1-12-5-6-27-18(12)9-14/h1-10,27H,(H,28,29). The van der Waals surface area contributed by atoms with Gasteiger partial charge in [0.2, 0.25) is 0 Å². The van der Waals surface area contributed by atoms with Crippen LogP contribution in [0.5, 0.6) is 11.5 Å². The number of H-pyrrole nitrogens is 1. The van der Waals surface area contributed by atoms with Gasteiger partial charge < -0.3 is 15.0 Å². The van der Waals surface area contributed by atoms with Gasteiger partial charge in [0.25, 0.3) is 0 Å². The summed E-state index contributed by atoms with van der Waals surface area (Å²) in [7, 11) is 0. The summed E-state index contributed by atoms with van der Waals surface area (Å²) in [4.78, 5) is 7.19. The van der Waals surface area contributed by atoms with Crippen LogP contribution in [-0.2, 0) is 6.18 Å². The number of fused-ring (bicyclic) bond motifs is 1. The van der Waals surface area contributed by atoms with Gasteiger partial charge in [0.05, 0.1) is 5.56 Å². The molecule has 2 N–H and O–H groups in total. The first-order valence-corrected chi connectivity index (χ1v) is 8.63. The third-order valence-electron chi connectivity index (χ3n) is 4.23. The van der Waals surface area contributed by atoms with Crippen LogP contribution in [0, 0.1) is 17.1 Å². The number of alkyl halides is 3. The minimum Gasteiger partial charge on any atom is -0.454 e. The van der Waals surface area contributed by atoms with Gasteiger partial charge in [-0.2, -0.15) is 18.4 Å². The van der Waals surface area contributed by atoms with Crippen molar-refractivity contribution in [2.75, 3.05) is 5.32 Å². The number of benzene rings is 2. The second-order valence-electron chi connectivity index (χ2n) is 6.33. The molecule has 0 bridgehead atoms. The molecule has 0 fully saturated rings. The van der Waals surface area contributed by atoms with Crippen molar-refractivity contribution >= 4 is 22.4 Å². The molecule has 30 heavy (non-hydrogen) atoms. The lowest BCUT2D eigenvalue weighted by molar-refractivity contribution is -0.137. The average Bonchev–Trinajstić information content (AvgIpc) is 3.16. The van der Waals surface area contributed by atoms with Gasteiger partial charge in [0.15, 0.2) is 11.6 Å². The van der Waals surface area contributed by atoms with Crippen LogP contribution in [0.25, 0.3) is 10.9 Å². The molecule has 4 aromatic rings. The zero-order chi connectivity index (χ0) is 21.3. The highest BCUT2D eigenvalue weighted by Gasteiger charge is 2.31. The smallest absolute Gasteiger partial charge is 0.416 e. The van der Waals surface area contributed by atoms with Crippen molar-refractivity contribution in [1.29, 1.82) is 5.26 Å². The number of halogens is 4. The highest BCUT2D eigenvalue weighted by molar-refractivity contribution is 5.83. The molecule has 2 aromatic heterocycles. The molecule has 0 spiro atoms. The van der Waals surface area contributed by atoms with Crippen LogP contribution in [0.2, 0.25) is 0 Å². The van der Waals surface area contributed by atoms with E-state index in [0.717, 1.165) is 23.0 Å². The minimum atomic E-state index is -4.67. The number of pyridine rings is 1. The number of rotatable bonds is 4. The Labute approximate surface area is 167 Å². The minimum absolute atomic E-state index is 0.0109. The molecule has 0 unspecified atom stereocenters. The average molecular weight is 412 g/mol. The van der Waals surface area contributed by atoms with Crippen LogP contribution in [0.1, 0.15) is 11.3 Å². The maximum Gasteiger partial charge on any atom is 0.416 e. The molecule has 0 aliphatic heterocycles. The number of hydrogen-bond acceptors (Lipinski definition) is 4. The van der Waals surface area contributed by atoms with E-state index in [1.54, 1.807) is 6.20 Å². The van der Waals surface area contributed by atoms with Crippen LogP contribution < -0.4 is 10.1 Å². The Kier molecular flexibility index (Phi) is 4.75. The van der Waals surface area contributed by atoms with E-state index in [1.165, 1.54) is 12.1 Å². The molecule has 0 atom stereocenters. The number of nitriles is 1. The predicted molar refractivity (Wildman–Crippen MR) is 102 cm³/mol. The normalized spacial score (nSPS) is 11.3. The summed E-state index contributed by atoms with van der Waals surface area (Å²) in [6, 6.07) is 14.0. The first-order chi connectivity index (χ1) is 14.3. The fraction of sp³-hybridized carbons (Fsp3) is 0.0476. The molecule has 0 amide bonds. The van der Waals surface area contributed by atoms with Crippen molar-refractivity contribution in [2.24, 2.45) is 0 Å². The zero-order valence-corrected chi connectivity index (χ0v) is 15.1. The molecule has 5 nitrogen and oxygen atoms in total. The van der Waals surface area contributed by atoms with Crippen molar-refractivity contribution in [1.82, 2.24) is 9.97 Å². The van der Waals surface area contributed by atoms with Gasteiger partial charge in [0.1, 0.15) is 23.3 Å². The maximum absolute atomic E-state index is 14.1. The van der Waals surface area contributed by atoms with Gasteiger partial charge >= 0.3 is 6.18 Å². The highest BCUT2D eigenvalue weighted by Crippen LogP contribution is 2.34. The van der Waals surface area contributed by atoms with Crippen molar-refractivity contribution in [2.45, 2.75) is 6.18 Å². The molecular weight excluding hydrogens is 400 g/mol. The molecule has 0 aliphatic carbocycles. The van der Waals surface area contributed by atoms with Gasteiger partial charge in [-0.05, 0) is 41.8 Å². The van der Waals surface area contributed by atoms with Crippen molar-refractivity contribution in [3.05, 3.63) is 77.9 Å². The van der Waals surface area contributed by atoms with E-state index in [9.17, 15) is 22.8 Å². The number of aromatic nitrogens is 2. The lowest BCUT2D eigenvalue weighted by Crippen LogP contribution is -2.05. The van der Waals surface area contributed by atoms with E-state index >= 15 is 0 Å². The number of nitrogens with one attached hydrogen (secondary N) is 2. The summed E-state index contributed by atoms with van der Waals surface area (Å²) < 4.78 is 57.6. The van der Waals surface area contributed by atoms with Gasteiger partial charge in [-0.15, -0.1) is 0 Å². The van der Waals surface area contributed by atoms with E-state index < -0.39 is 23.3 Å². The monoisotopic (exact) mass is 412 g/mol. The van der Waals surface area contributed by atoms with E-state index in [-0.39, 0.29) is 17.3 Å². The summed E-state index contributed by atoms with van der Waals surface area (Å²) in [6.07, 6.45) is -2.87. The lowest BCUT2D eigenvalue weighted by Gasteiger charge is -2.12. The molecule has 2 aromatic carbocycles. The van der Waals surface area contributed by atoms with E-state index in [4.69, 9.17) is 4.74 Å². The molecule has 4 rings (SSSR count). The quantitative estimate of drug-likeness (QED) is 0.396. The third kappa shape index (κ3) is 4.03. The molecule has 0 saturated carbocycles. The van der Waals surface area contributed by atoms with E-state index in [0.29, 0.717) is 11.8 Å². The Hall–Kier alpha value is -4.06. The maximum atomic E-state index is 14.1. The summed E-state index contributed by atoms with van der Waals surface area (Å²) in [5.41, 5.74) is 0.434. The SMILES string of the molecule is N#Cc1cc(Oc2ccc(C(F)(F)F)cc2F)cc(Nc2ccc3cc[nH]c3c2)n1. The molecule has 0 radical (unpaired) electrons. The first kappa shape index (κ1) is 19.3. The first-order valence-electron chi connectivity index (χ1n) is 8.63. The second kappa shape index (κ2) is 7.40. The molecular formula is C21H12F4N4O.